The van der Waals surface area contributed by atoms with Crippen molar-refractivity contribution >= 4 is 17.6 Å². The molecule has 0 atom stereocenters. The number of carboxylic acid groups (broad SMARTS) is 1. The first-order valence-corrected chi connectivity index (χ1v) is 6.53. The first kappa shape index (κ1) is 13.2. The highest BCUT2D eigenvalue weighted by atomic mass is 16.5. The number of nitrogens with zero attached hydrogens (tertiary/aromatic N) is 1. The highest BCUT2D eigenvalue weighted by Crippen LogP contribution is 2.31. The van der Waals surface area contributed by atoms with Crippen molar-refractivity contribution < 1.29 is 23.8 Å². The van der Waals surface area contributed by atoms with Crippen molar-refractivity contribution in [3.05, 3.63) is 47.9 Å². The first-order valence-electron chi connectivity index (χ1n) is 6.53. The third kappa shape index (κ3) is 2.47. The molecule has 0 radical (unpaired) electrons. The molecule has 0 saturated carbocycles. The van der Waals surface area contributed by atoms with E-state index in [0.29, 0.717) is 31.0 Å². The Hall–Kier alpha value is -2.76. The molecule has 3 rings (SSSR count). The van der Waals surface area contributed by atoms with Gasteiger partial charge in [0.2, 0.25) is 5.76 Å². The number of fused-ring (bicyclic) bond motifs is 1. The second kappa shape index (κ2) is 5.32. The summed E-state index contributed by atoms with van der Waals surface area (Å²) in [6, 6.07) is 9.89. The fourth-order valence-corrected chi connectivity index (χ4v) is 2.24. The van der Waals surface area contributed by atoms with Crippen LogP contribution in [0.4, 0.5) is 5.69 Å². The van der Waals surface area contributed by atoms with Crippen LogP contribution in [-0.2, 0) is 0 Å². The van der Waals surface area contributed by atoms with Crippen LogP contribution in [0.15, 0.2) is 40.8 Å². The normalized spacial score (nSPS) is 14.0. The van der Waals surface area contributed by atoms with Gasteiger partial charge < -0.3 is 19.2 Å². The second-order valence-corrected chi connectivity index (χ2v) is 4.60. The zero-order valence-electron chi connectivity index (χ0n) is 11.1. The minimum absolute atomic E-state index is 0.00380. The number of hydrogen-bond acceptors (Lipinski definition) is 4. The summed E-state index contributed by atoms with van der Waals surface area (Å²) in [7, 11) is 0. The lowest BCUT2D eigenvalue weighted by Crippen LogP contribution is -2.31. The zero-order valence-corrected chi connectivity index (χ0v) is 11.1. The van der Waals surface area contributed by atoms with Gasteiger partial charge in [-0.15, -0.1) is 0 Å². The molecule has 0 bridgehead atoms. The van der Waals surface area contributed by atoms with E-state index in [-0.39, 0.29) is 17.4 Å². The van der Waals surface area contributed by atoms with E-state index in [4.69, 9.17) is 14.3 Å². The van der Waals surface area contributed by atoms with Crippen molar-refractivity contribution in [1.29, 1.82) is 0 Å². The average Bonchev–Trinajstić information content (AvgIpc) is 2.88. The number of anilines is 1. The van der Waals surface area contributed by atoms with Crippen LogP contribution in [-0.4, -0.2) is 30.1 Å². The summed E-state index contributed by atoms with van der Waals surface area (Å²) in [6.07, 6.45) is 0.687. The number of hydrogen-bond donors (Lipinski definition) is 1. The van der Waals surface area contributed by atoms with Crippen LogP contribution in [0.5, 0.6) is 5.75 Å². The van der Waals surface area contributed by atoms with Gasteiger partial charge in [-0.25, -0.2) is 4.79 Å². The van der Waals surface area contributed by atoms with Gasteiger partial charge in [-0.2, -0.15) is 0 Å². The van der Waals surface area contributed by atoms with Gasteiger partial charge in [0.05, 0.1) is 12.3 Å². The Morgan fingerprint density at radius 1 is 1.10 bits per heavy atom. The SMILES string of the molecule is O=C(O)c1ccc(C(=O)N2CCCOc3ccccc32)o1. The third-order valence-electron chi connectivity index (χ3n) is 3.21. The van der Waals surface area contributed by atoms with E-state index in [0.717, 1.165) is 0 Å². The quantitative estimate of drug-likeness (QED) is 0.917. The van der Waals surface area contributed by atoms with Gasteiger partial charge in [-0.3, -0.25) is 4.79 Å². The number of carboxylic acids is 1. The van der Waals surface area contributed by atoms with Crippen LogP contribution in [0.25, 0.3) is 0 Å². The Balaban J connectivity index is 1.95. The van der Waals surface area contributed by atoms with Gasteiger partial charge in [0.15, 0.2) is 5.76 Å². The fourth-order valence-electron chi connectivity index (χ4n) is 2.24. The molecule has 1 aromatic heterocycles. The third-order valence-corrected chi connectivity index (χ3v) is 3.21. The lowest BCUT2D eigenvalue weighted by Gasteiger charge is -2.20. The van der Waals surface area contributed by atoms with Gasteiger partial charge in [0, 0.05) is 6.54 Å². The molecule has 1 aromatic carbocycles. The smallest absolute Gasteiger partial charge is 0.371 e. The highest BCUT2D eigenvalue weighted by molar-refractivity contribution is 6.05. The summed E-state index contributed by atoms with van der Waals surface area (Å²) in [5, 5.41) is 8.85. The minimum Gasteiger partial charge on any atom is -0.491 e. The molecule has 0 unspecified atom stereocenters. The number of para-hydroxylation sites is 2. The number of carbonyl (C=O) groups is 2. The Morgan fingerprint density at radius 3 is 2.62 bits per heavy atom. The summed E-state index contributed by atoms with van der Waals surface area (Å²) >= 11 is 0. The number of rotatable bonds is 2. The van der Waals surface area contributed by atoms with Crippen LogP contribution in [0.3, 0.4) is 0 Å². The number of amides is 1. The maximum atomic E-state index is 12.5. The molecule has 2 heterocycles. The van der Waals surface area contributed by atoms with Crippen LogP contribution in [0.2, 0.25) is 0 Å². The number of benzene rings is 1. The average molecular weight is 287 g/mol. The number of carbonyl (C=O) groups excluding carboxylic acids is 1. The standard InChI is InChI=1S/C15H13NO5/c17-14(12-6-7-13(21-12)15(18)19)16-8-3-9-20-11-5-2-1-4-10(11)16/h1-2,4-7H,3,8-9H2,(H,18,19). The van der Waals surface area contributed by atoms with E-state index < -0.39 is 5.97 Å². The topological polar surface area (TPSA) is 80.0 Å². The largest absolute Gasteiger partial charge is 0.491 e. The molecule has 21 heavy (non-hydrogen) atoms. The van der Waals surface area contributed by atoms with Gasteiger partial charge in [0.1, 0.15) is 5.75 Å². The van der Waals surface area contributed by atoms with Crippen molar-refractivity contribution in [2.24, 2.45) is 0 Å². The van der Waals surface area contributed by atoms with E-state index in [1.54, 1.807) is 17.0 Å². The van der Waals surface area contributed by atoms with Crippen LogP contribution < -0.4 is 9.64 Å². The molecule has 2 aromatic rings. The molecular formula is C15H13NO5. The van der Waals surface area contributed by atoms with E-state index >= 15 is 0 Å². The molecule has 0 fully saturated rings. The Kier molecular flexibility index (Phi) is 3.35. The fraction of sp³-hybridized carbons (Fsp3) is 0.200. The molecule has 1 amide bonds. The molecule has 0 aliphatic carbocycles. The maximum absolute atomic E-state index is 12.5. The van der Waals surface area contributed by atoms with Crippen molar-refractivity contribution in [1.82, 2.24) is 0 Å². The Labute approximate surface area is 120 Å². The van der Waals surface area contributed by atoms with Crippen molar-refractivity contribution in [3.8, 4) is 5.75 Å². The van der Waals surface area contributed by atoms with Crippen molar-refractivity contribution in [2.45, 2.75) is 6.42 Å². The van der Waals surface area contributed by atoms with E-state index in [9.17, 15) is 9.59 Å². The molecular weight excluding hydrogens is 274 g/mol. The highest BCUT2D eigenvalue weighted by Gasteiger charge is 2.25. The lowest BCUT2D eigenvalue weighted by atomic mass is 10.2. The first-order chi connectivity index (χ1) is 10.2. The van der Waals surface area contributed by atoms with Crippen LogP contribution >= 0.6 is 0 Å². The number of ether oxygens (including phenoxy) is 1. The molecule has 108 valence electrons. The minimum atomic E-state index is -1.20. The predicted molar refractivity (Wildman–Crippen MR) is 73.9 cm³/mol. The van der Waals surface area contributed by atoms with Gasteiger partial charge in [-0.05, 0) is 30.7 Å². The predicted octanol–water partition coefficient (Wildman–Crippen LogP) is 2.41. The molecule has 1 aliphatic rings. The Morgan fingerprint density at radius 2 is 1.86 bits per heavy atom. The van der Waals surface area contributed by atoms with E-state index in [1.807, 2.05) is 12.1 Å². The number of furan rings is 1. The summed E-state index contributed by atoms with van der Waals surface area (Å²) in [6.45, 7) is 1.01. The lowest BCUT2D eigenvalue weighted by molar-refractivity contribution is 0.0660. The molecule has 0 saturated heterocycles. The monoisotopic (exact) mass is 287 g/mol. The molecule has 1 N–H and O–H groups in total. The molecule has 6 heteroatoms. The summed E-state index contributed by atoms with van der Waals surface area (Å²) in [5.41, 5.74) is 0.660. The summed E-state index contributed by atoms with van der Waals surface area (Å²) in [4.78, 5) is 24.9. The van der Waals surface area contributed by atoms with Gasteiger partial charge >= 0.3 is 5.97 Å². The van der Waals surface area contributed by atoms with E-state index in [1.165, 1.54) is 12.1 Å². The van der Waals surface area contributed by atoms with Crippen LogP contribution in [0.1, 0.15) is 27.5 Å². The van der Waals surface area contributed by atoms with Crippen molar-refractivity contribution in [3.63, 3.8) is 0 Å². The number of aromatic carboxylic acids is 1. The van der Waals surface area contributed by atoms with Crippen molar-refractivity contribution in [2.75, 3.05) is 18.1 Å². The summed E-state index contributed by atoms with van der Waals surface area (Å²) < 4.78 is 10.7. The molecule has 6 nitrogen and oxygen atoms in total. The van der Waals surface area contributed by atoms with Crippen LogP contribution in [0, 0.1) is 0 Å². The van der Waals surface area contributed by atoms with E-state index in [2.05, 4.69) is 0 Å². The van der Waals surface area contributed by atoms with Gasteiger partial charge in [0.25, 0.3) is 5.91 Å². The Bertz CT molecular complexity index is 691. The second-order valence-electron chi connectivity index (χ2n) is 4.60. The molecule has 0 spiro atoms. The summed E-state index contributed by atoms with van der Waals surface area (Å²) in [5.74, 6) is -1.19. The maximum Gasteiger partial charge on any atom is 0.371 e. The van der Waals surface area contributed by atoms with Gasteiger partial charge in [-0.1, -0.05) is 12.1 Å². The molecule has 1 aliphatic heterocycles. The zero-order chi connectivity index (χ0) is 14.8.